The molecule has 0 unspecified atom stereocenters. The van der Waals surface area contributed by atoms with Crippen molar-refractivity contribution in [1.29, 1.82) is 0 Å². The van der Waals surface area contributed by atoms with Gasteiger partial charge in [-0.2, -0.15) is 0 Å². The maximum atomic E-state index is 10.9. The summed E-state index contributed by atoms with van der Waals surface area (Å²) in [5.41, 5.74) is 2.40. The number of halogens is 1. The quantitative estimate of drug-likeness (QED) is 0.917. The lowest BCUT2D eigenvalue weighted by Gasteiger charge is -2.39. The predicted octanol–water partition coefficient (Wildman–Crippen LogP) is 3.84. The van der Waals surface area contributed by atoms with E-state index in [0.717, 1.165) is 30.4 Å². The average molecular weight is 326 g/mol. The zero-order valence-corrected chi connectivity index (χ0v) is 13.0. The Balaban J connectivity index is 2.03. The Morgan fingerprint density at radius 2 is 2.05 bits per heavy atom. The highest BCUT2D eigenvalue weighted by Gasteiger charge is 2.32. The van der Waals surface area contributed by atoms with Crippen LogP contribution in [0, 0.1) is 12.3 Å². The Bertz CT molecular complexity index is 479. The van der Waals surface area contributed by atoms with Gasteiger partial charge in [-0.1, -0.05) is 28.9 Å². The summed E-state index contributed by atoms with van der Waals surface area (Å²) in [6.45, 7) is 6.02. The third-order valence-corrected chi connectivity index (χ3v) is 4.92. The molecule has 1 aromatic rings. The van der Waals surface area contributed by atoms with Crippen molar-refractivity contribution in [2.75, 3.05) is 18.0 Å². The number of nitrogens with zero attached hydrogens (tertiary/aromatic N) is 1. The highest BCUT2D eigenvalue weighted by Crippen LogP contribution is 2.36. The lowest BCUT2D eigenvalue weighted by molar-refractivity contribution is -0.139. The molecule has 0 saturated carbocycles. The van der Waals surface area contributed by atoms with E-state index < -0.39 is 5.97 Å². The maximum Gasteiger partial charge on any atom is 0.303 e. The summed E-state index contributed by atoms with van der Waals surface area (Å²) >= 11 is 3.56. The molecule has 0 aliphatic carbocycles. The summed E-state index contributed by atoms with van der Waals surface area (Å²) in [6.07, 6.45) is 2.15. The molecule has 4 heteroatoms. The molecule has 2 rings (SSSR count). The molecule has 1 aliphatic rings. The van der Waals surface area contributed by atoms with Crippen LogP contribution in [-0.4, -0.2) is 24.2 Å². The van der Waals surface area contributed by atoms with Gasteiger partial charge in [-0.3, -0.25) is 4.79 Å². The molecule has 3 nitrogen and oxygen atoms in total. The first-order chi connectivity index (χ1) is 8.89. The Kier molecular flexibility index (Phi) is 4.19. The molecule has 1 N–H and O–H groups in total. The van der Waals surface area contributed by atoms with Crippen LogP contribution in [0.1, 0.15) is 31.7 Å². The first-order valence-electron chi connectivity index (χ1n) is 6.63. The van der Waals surface area contributed by atoms with Crippen molar-refractivity contribution in [3.63, 3.8) is 0 Å². The molecule has 0 radical (unpaired) electrons. The van der Waals surface area contributed by atoms with Crippen molar-refractivity contribution in [3.8, 4) is 0 Å². The molecular weight excluding hydrogens is 306 g/mol. The minimum atomic E-state index is -0.686. The largest absolute Gasteiger partial charge is 0.481 e. The number of carboxylic acids is 1. The third-order valence-electron chi connectivity index (χ3n) is 4.07. The first kappa shape index (κ1) is 14.4. The number of piperidine rings is 1. The summed E-state index contributed by atoms with van der Waals surface area (Å²) < 4.78 is 1.13. The monoisotopic (exact) mass is 325 g/mol. The average Bonchev–Trinajstić information content (AvgIpc) is 2.32. The zero-order chi connectivity index (χ0) is 14.0. The number of aliphatic carboxylic acids is 1. The normalized spacial score (nSPS) is 18.4. The highest BCUT2D eigenvalue weighted by atomic mass is 79.9. The lowest BCUT2D eigenvalue weighted by atomic mass is 9.77. The second-order valence-electron chi connectivity index (χ2n) is 5.80. The van der Waals surface area contributed by atoms with E-state index >= 15 is 0 Å². The van der Waals surface area contributed by atoms with Gasteiger partial charge >= 0.3 is 5.97 Å². The molecule has 1 saturated heterocycles. The molecule has 0 aromatic heterocycles. The topological polar surface area (TPSA) is 40.5 Å². The Hall–Kier alpha value is -1.03. The molecule has 1 heterocycles. The van der Waals surface area contributed by atoms with Crippen LogP contribution >= 0.6 is 15.9 Å². The molecular formula is C15H20BrNO2. The number of anilines is 1. The fraction of sp³-hybridized carbons (Fsp3) is 0.533. The van der Waals surface area contributed by atoms with Gasteiger partial charge in [0.2, 0.25) is 0 Å². The van der Waals surface area contributed by atoms with Crippen LogP contribution in [0.3, 0.4) is 0 Å². The zero-order valence-electron chi connectivity index (χ0n) is 11.4. The van der Waals surface area contributed by atoms with E-state index in [4.69, 9.17) is 5.11 Å². The van der Waals surface area contributed by atoms with Gasteiger partial charge in [0.25, 0.3) is 0 Å². The smallest absolute Gasteiger partial charge is 0.303 e. The van der Waals surface area contributed by atoms with E-state index in [1.165, 1.54) is 11.3 Å². The Morgan fingerprint density at radius 3 is 2.58 bits per heavy atom. The Labute approximate surface area is 122 Å². The van der Waals surface area contributed by atoms with Crippen LogP contribution in [0.5, 0.6) is 0 Å². The van der Waals surface area contributed by atoms with E-state index in [0.29, 0.717) is 0 Å². The van der Waals surface area contributed by atoms with Crippen molar-refractivity contribution < 1.29 is 9.90 Å². The number of hydrogen-bond acceptors (Lipinski definition) is 2. The van der Waals surface area contributed by atoms with Gasteiger partial charge in [0.05, 0.1) is 6.42 Å². The summed E-state index contributed by atoms with van der Waals surface area (Å²) in [6, 6.07) is 6.40. The van der Waals surface area contributed by atoms with Crippen LogP contribution in [0.15, 0.2) is 22.7 Å². The van der Waals surface area contributed by atoms with E-state index in [2.05, 4.69) is 52.9 Å². The fourth-order valence-electron chi connectivity index (χ4n) is 2.63. The molecule has 0 spiro atoms. The number of carboxylic acid groups (broad SMARTS) is 1. The van der Waals surface area contributed by atoms with Gasteiger partial charge in [-0.05, 0) is 42.9 Å². The summed E-state index contributed by atoms with van der Waals surface area (Å²) in [5, 5.41) is 8.96. The van der Waals surface area contributed by atoms with Crippen molar-refractivity contribution in [2.45, 2.75) is 33.1 Å². The lowest BCUT2D eigenvalue weighted by Crippen LogP contribution is -2.39. The first-order valence-corrected chi connectivity index (χ1v) is 7.42. The van der Waals surface area contributed by atoms with Gasteiger partial charge in [0.1, 0.15) is 0 Å². The molecule has 1 aromatic carbocycles. The van der Waals surface area contributed by atoms with Gasteiger partial charge in [0.15, 0.2) is 0 Å². The van der Waals surface area contributed by atoms with Crippen molar-refractivity contribution in [2.24, 2.45) is 5.41 Å². The van der Waals surface area contributed by atoms with Crippen molar-refractivity contribution in [3.05, 3.63) is 28.2 Å². The second kappa shape index (κ2) is 5.53. The summed E-state index contributed by atoms with van der Waals surface area (Å²) in [4.78, 5) is 13.2. The minimum absolute atomic E-state index is 0.0513. The molecule has 1 fully saturated rings. The van der Waals surface area contributed by atoms with Gasteiger partial charge in [-0.25, -0.2) is 0 Å². The highest BCUT2D eigenvalue weighted by molar-refractivity contribution is 9.10. The number of carbonyl (C=O) groups is 1. The van der Waals surface area contributed by atoms with Crippen molar-refractivity contribution in [1.82, 2.24) is 0 Å². The molecule has 0 atom stereocenters. The van der Waals surface area contributed by atoms with Gasteiger partial charge in [-0.15, -0.1) is 0 Å². The Morgan fingerprint density at radius 1 is 1.42 bits per heavy atom. The molecule has 104 valence electrons. The number of aryl methyl sites for hydroxylation is 1. The summed E-state index contributed by atoms with van der Waals surface area (Å²) in [7, 11) is 0. The van der Waals surface area contributed by atoms with Crippen LogP contribution < -0.4 is 4.90 Å². The molecule has 0 amide bonds. The summed E-state index contributed by atoms with van der Waals surface area (Å²) in [5.74, 6) is -0.686. The van der Waals surface area contributed by atoms with Crippen LogP contribution in [0.4, 0.5) is 5.69 Å². The third kappa shape index (κ3) is 3.50. The van der Waals surface area contributed by atoms with E-state index in [-0.39, 0.29) is 11.8 Å². The van der Waals surface area contributed by atoms with E-state index in [1.54, 1.807) is 0 Å². The van der Waals surface area contributed by atoms with Crippen LogP contribution in [0.2, 0.25) is 0 Å². The van der Waals surface area contributed by atoms with Crippen molar-refractivity contribution >= 4 is 27.6 Å². The minimum Gasteiger partial charge on any atom is -0.481 e. The van der Waals surface area contributed by atoms with Gasteiger partial charge in [0, 0.05) is 23.2 Å². The van der Waals surface area contributed by atoms with Crippen LogP contribution in [0.25, 0.3) is 0 Å². The fourth-order valence-corrected chi connectivity index (χ4v) is 2.99. The second-order valence-corrected chi connectivity index (χ2v) is 6.66. The van der Waals surface area contributed by atoms with E-state index in [9.17, 15) is 4.79 Å². The maximum absolute atomic E-state index is 10.9. The number of hydrogen-bond donors (Lipinski definition) is 1. The molecule has 19 heavy (non-hydrogen) atoms. The SMILES string of the molecule is Cc1ccc(N2CCC(C)(CC(=O)O)CC2)cc1Br. The standard InChI is InChI=1S/C15H20BrNO2/c1-11-3-4-12(9-13(11)16)17-7-5-15(2,6-8-17)10-14(18)19/h3-4,9H,5-8,10H2,1-2H3,(H,18,19). The van der Waals surface area contributed by atoms with E-state index in [1.807, 2.05) is 0 Å². The number of benzene rings is 1. The van der Waals surface area contributed by atoms with Crippen LogP contribution in [-0.2, 0) is 4.79 Å². The molecule has 1 aliphatic heterocycles. The predicted molar refractivity (Wildman–Crippen MR) is 80.7 cm³/mol. The van der Waals surface area contributed by atoms with Gasteiger partial charge < -0.3 is 10.0 Å². The number of rotatable bonds is 3. The molecule has 0 bridgehead atoms.